The molecule has 1 amide bonds. The standard InChI is InChI=1S/C21H20ClN3O4/c1-12-5-4-6-17(22)19(12)25-11-14(9-18(25)26)20-23-21(29-24-20)13-7-15(27-2)10-16(8-13)28-3/h4-8,10,14H,9,11H2,1-3H3. The normalized spacial score (nSPS) is 16.3. The average Bonchev–Trinajstić information content (AvgIpc) is 3.35. The molecule has 1 unspecified atom stereocenters. The van der Waals surface area contributed by atoms with Crippen LogP contribution in [0.15, 0.2) is 40.9 Å². The summed E-state index contributed by atoms with van der Waals surface area (Å²) in [6.45, 7) is 2.38. The number of nitrogens with zero attached hydrogens (tertiary/aromatic N) is 3. The number of hydrogen-bond acceptors (Lipinski definition) is 6. The summed E-state index contributed by atoms with van der Waals surface area (Å²) in [6, 6.07) is 10.9. The molecule has 1 aliphatic rings. The number of halogens is 1. The third kappa shape index (κ3) is 3.65. The number of aromatic nitrogens is 2. The van der Waals surface area contributed by atoms with Gasteiger partial charge in [-0.2, -0.15) is 4.98 Å². The van der Waals surface area contributed by atoms with Gasteiger partial charge in [-0.1, -0.05) is 28.9 Å². The van der Waals surface area contributed by atoms with Crippen LogP contribution in [0.2, 0.25) is 5.02 Å². The van der Waals surface area contributed by atoms with E-state index >= 15 is 0 Å². The Balaban J connectivity index is 1.60. The highest BCUT2D eigenvalue weighted by molar-refractivity contribution is 6.34. The van der Waals surface area contributed by atoms with Crippen molar-refractivity contribution in [3.8, 4) is 23.0 Å². The Bertz CT molecular complexity index is 1020. The topological polar surface area (TPSA) is 77.7 Å². The van der Waals surface area contributed by atoms with Gasteiger partial charge in [0.15, 0.2) is 5.82 Å². The number of anilines is 1. The van der Waals surface area contributed by atoms with Crippen molar-refractivity contribution < 1.29 is 18.8 Å². The number of carbonyl (C=O) groups excluding carboxylic acids is 1. The van der Waals surface area contributed by atoms with Crippen LogP contribution < -0.4 is 14.4 Å². The first-order chi connectivity index (χ1) is 14.0. The molecule has 0 N–H and O–H groups in total. The van der Waals surface area contributed by atoms with Crippen LogP contribution in [0.5, 0.6) is 11.5 Å². The highest BCUT2D eigenvalue weighted by atomic mass is 35.5. The molecule has 0 bridgehead atoms. The predicted octanol–water partition coefficient (Wildman–Crippen LogP) is 4.24. The zero-order valence-corrected chi connectivity index (χ0v) is 17.1. The van der Waals surface area contributed by atoms with E-state index in [1.165, 1.54) is 0 Å². The third-order valence-electron chi connectivity index (χ3n) is 4.99. The van der Waals surface area contributed by atoms with Crippen molar-refractivity contribution in [2.24, 2.45) is 0 Å². The van der Waals surface area contributed by atoms with Crippen LogP contribution in [0.3, 0.4) is 0 Å². The second-order valence-corrected chi connectivity index (χ2v) is 7.28. The molecule has 1 saturated heterocycles. The smallest absolute Gasteiger partial charge is 0.258 e. The van der Waals surface area contributed by atoms with Crippen molar-refractivity contribution >= 4 is 23.2 Å². The molecule has 1 aromatic heterocycles. The lowest BCUT2D eigenvalue weighted by Gasteiger charge is -2.20. The lowest BCUT2D eigenvalue weighted by molar-refractivity contribution is -0.117. The highest BCUT2D eigenvalue weighted by Crippen LogP contribution is 2.37. The Morgan fingerprint density at radius 1 is 1.17 bits per heavy atom. The lowest BCUT2D eigenvalue weighted by Crippen LogP contribution is -2.25. The summed E-state index contributed by atoms with van der Waals surface area (Å²) in [5.41, 5.74) is 2.37. The van der Waals surface area contributed by atoms with Gasteiger partial charge < -0.3 is 18.9 Å². The fraction of sp³-hybridized carbons (Fsp3) is 0.286. The van der Waals surface area contributed by atoms with E-state index in [-0.39, 0.29) is 11.8 Å². The van der Waals surface area contributed by atoms with E-state index in [2.05, 4.69) is 10.1 Å². The maximum Gasteiger partial charge on any atom is 0.258 e. The Labute approximate surface area is 173 Å². The predicted molar refractivity (Wildman–Crippen MR) is 109 cm³/mol. The Kier molecular flexibility index (Phi) is 5.15. The fourth-order valence-corrected chi connectivity index (χ4v) is 3.83. The van der Waals surface area contributed by atoms with E-state index in [1.807, 2.05) is 19.1 Å². The van der Waals surface area contributed by atoms with Gasteiger partial charge in [0.05, 0.1) is 24.9 Å². The summed E-state index contributed by atoms with van der Waals surface area (Å²) >= 11 is 6.34. The SMILES string of the molecule is COc1cc(OC)cc(-c2nc(C3CC(=O)N(c4c(C)cccc4Cl)C3)no2)c1. The first-order valence-electron chi connectivity index (χ1n) is 9.12. The molecule has 7 nitrogen and oxygen atoms in total. The van der Waals surface area contributed by atoms with E-state index in [0.717, 1.165) is 11.3 Å². The molecule has 4 rings (SSSR count). The van der Waals surface area contributed by atoms with E-state index in [4.69, 9.17) is 25.6 Å². The summed E-state index contributed by atoms with van der Waals surface area (Å²) in [5, 5.41) is 4.67. The van der Waals surface area contributed by atoms with Crippen LogP contribution in [-0.4, -0.2) is 36.8 Å². The molecule has 1 atom stereocenters. The summed E-state index contributed by atoms with van der Waals surface area (Å²) in [5.74, 6) is 1.88. The molecule has 1 aliphatic heterocycles. The molecule has 29 heavy (non-hydrogen) atoms. The summed E-state index contributed by atoms with van der Waals surface area (Å²) in [4.78, 5) is 18.9. The minimum Gasteiger partial charge on any atom is -0.497 e. The summed E-state index contributed by atoms with van der Waals surface area (Å²) in [7, 11) is 3.15. The van der Waals surface area contributed by atoms with Crippen LogP contribution in [0.4, 0.5) is 5.69 Å². The molecule has 0 saturated carbocycles. The van der Waals surface area contributed by atoms with Gasteiger partial charge in [0.25, 0.3) is 5.89 Å². The number of para-hydroxylation sites is 1. The van der Waals surface area contributed by atoms with Crippen molar-refractivity contribution in [2.45, 2.75) is 19.3 Å². The quantitative estimate of drug-likeness (QED) is 0.622. The zero-order valence-electron chi connectivity index (χ0n) is 16.3. The number of rotatable bonds is 5. The van der Waals surface area contributed by atoms with E-state index in [1.54, 1.807) is 43.4 Å². The molecule has 8 heteroatoms. The molecule has 0 spiro atoms. The largest absolute Gasteiger partial charge is 0.497 e. The van der Waals surface area contributed by atoms with Gasteiger partial charge >= 0.3 is 0 Å². The van der Waals surface area contributed by atoms with Crippen molar-refractivity contribution in [3.05, 3.63) is 52.8 Å². The van der Waals surface area contributed by atoms with E-state index in [0.29, 0.717) is 46.8 Å². The van der Waals surface area contributed by atoms with Crippen molar-refractivity contribution in [1.29, 1.82) is 0 Å². The van der Waals surface area contributed by atoms with Gasteiger partial charge in [-0.05, 0) is 30.7 Å². The molecule has 3 aromatic rings. The Morgan fingerprint density at radius 3 is 2.55 bits per heavy atom. The van der Waals surface area contributed by atoms with Gasteiger partial charge in [0.1, 0.15) is 11.5 Å². The molecule has 1 fully saturated rings. The molecular formula is C21H20ClN3O4. The van der Waals surface area contributed by atoms with Crippen molar-refractivity contribution in [1.82, 2.24) is 10.1 Å². The fourth-order valence-electron chi connectivity index (χ4n) is 3.51. The number of aryl methyl sites for hydroxylation is 1. The minimum absolute atomic E-state index is 0.0133. The number of amides is 1. The Hall–Kier alpha value is -3.06. The second-order valence-electron chi connectivity index (χ2n) is 6.87. The molecule has 2 heterocycles. The summed E-state index contributed by atoms with van der Waals surface area (Å²) < 4.78 is 16.0. The number of ether oxygens (including phenoxy) is 2. The van der Waals surface area contributed by atoms with Crippen LogP contribution in [0, 0.1) is 6.92 Å². The van der Waals surface area contributed by atoms with E-state index in [9.17, 15) is 4.79 Å². The number of carbonyl (C=O) groups is 1. The summed E-state index contributed by atoms with van der Waals surface area (Å²) in [6.07, 6.45) is 0.297. The van der Waals surface area contributed by atoms with Crippen molar-refractivity contribution in [2.75, 3.05) is 25.7 Å². The van der Waals surface area contributed by atoms with Crippen LogP contribution in [-0.2, 0) is 4.79 Å². The van der Waals surface area contributed by atoms with Crippen LogP contribution in [0.25, 0.3) is 11.5 Å². The molecule has 0 radical (unpaired) electrons. The number of methoxy groups -OCH3 is 2. The van der Waals surface area contributed by atoms with Crippen LogP contribution >= 0.6 is 11.6 Å². The second kappa shape index (κ2) is 7.75. The van der Waals surface area contributed by atoms with E-state index < -0.39 is 0 Å². The van der Waals surface area contributed by atoms with Gasteiger partial charge in [0.2, 0.25) is 5.91 Å². The lowest BCUT2D eigenvalue weighted by atomic mass is 10.1. The Morgan fingerprint density at radius 2 is 1.90 bits per heavy atom. The number of benzene rings is 2. The van der Waals surface area contributed by atoms with Crippen LogP contribution in [0.1, 0.15) is 23.7 Å². The van der Waals surface area contributed by atoms with Crippen molar-refractivity contribution in [3.63, 3.8) is 0 Å². The van der Waals surface area contributed by atoms with Gasteiger partial charge in [-0.3, -0.25) is 4.79 Å². The molecule has 150 valence electrons. The first-order valence-corrected chi connectivity index (χ1v) is 9.50. The maximum atomic E-state index is 12.7. The average molecular weight is 414 g/mol. The first kappa shape index (κ1) is 19.3. The third-order valence-corrected chi connectivity index (χ3v) is 5.29. The monoisotopic (exact) mass is 413 g/mol. The molecule has 2 aromatic carbocycles. The molecule has 0 aliphatic carbocycles. The van der Waals surface area contributed by atoms with Gasteiger partial charge in [0, 0.05) is 30.5 Å². The highest BCUT2D eigenvalue weighted by Gasteiger charge is 2.36. The molecular weight excluding hydrogens is 394 g/mol. The zero-order chi connectivity index (χ0) is 20.5. The van der Waals surface area contributed by atoms with Gasteiger partial charge in [-0.15, -0.1) is 0 Å². The minimum atomic E-state index is -0.178. The van der Waals surface area contributed by atoms with Gasteiger partial charge in [-0.25, -0.2) is 0 Å². The maximum absolute atomic E-state index is 12.7. The number of hydrogen-bond donors (Lipinski definition) is 0.